The molecule has 3 N–H and O–H groups in total. The topological polar surface area (TPSA) is 148 Å². The molecular formula is C68H92Cl2F2N8O6. The summed E-state index contributed by atoms with van der Waals surface area (Å²) in [4.78, 5) is 42.1. The third-order valence-corrected chi connectivity index (χ3v) is 18.1. The van der Waals surface area contributed by atoms with Gasteiger partial charge < -0.3 is 39.8 Å². The lowest BCUT2D eigenvalue weighted by Gasteiger charge is -2.40. The highest BCUT2D eigenvalue weighted by Crippen LogP contribution is 2.33. The fourth-order valence-electron chi connectivity index (χ4n) is 13.1. The van der Waals surface area contributed by atoms with E-state index in [1.54, 1.807) is 26.4 Å². The molecule has 2 aliphatic heterocycles. The van der Waals surface area contributed by atoms with Crippen molar-refractivity contribution in [3.05, 3.63) is 132 Å². The molecule has 2 aromatic heterocycles. The molecule has 2 unspecified atom stereocenters. The third kappa shape index (κ3) is 19.8. The maximum Gasteiger partial charge on any atom is 0.307 e. The van der Waals surface area contributed by atoms with Crippen molar-refractivity contribution in [3.8, 4) is 11.5 Å². The Labute approximate surface area is 520 Å². The third-order valence-electron chi connectivity index (χ3n) is 18.0. The van der Waals surface area contributed by atoms with Gasteiger partial charge in [0.15, 0.2) is 0 Å². The Morgan fingerprint density at radius 1 is 0.593 bits per heavy atom. The van der Waals surface area contributed by atoms with Gasteiger partial charge in [0.05, 0.1) is 41.3 Å². The summed E-state index contributed by atoms with van der Waals surface area (Å²) in [6.07, 6.45) is 20.8. The van der Waals surface area contributed by atoms with Crippen LogP contribution in [0, 0.1) is 23.5 Å². The normalized spacial score (nSPS) is 17.0. The number of nitrogens with one attached hydrogen (secondary N) is 1. The number of carbonyl (C=O) groups excluding carboxylic acids is 2. The van der Waals surface area contributed by atoms with Crippen molar-refractivity contribution >= 4 is 69.1 Å². The molecule has 0 radical (unpaired) electrons. The van der Waals surface area contributed by atoms with Gasteiger partial charge in [-0.1, -0.05) is 74.9 Å². The number of pyridine rings is 2. The van der Waals surface area contributed by atoms with Gasteiger partial charge in [-0.3, -0.25) is 19.4 Å². The quantitative estimate of drug-likeness (QED) is 0.0491. The zero-order valence-corrected chi connectivity index (χ0v) is 52.6. The molecule has 0 bridgehead atoms. The van der Waals surface area contributed by atoms with Crippen molar-refractivity contribution in [1.82, 2.24) is 25.1 Å². The summed E-state index contributed by atoms with van der Waals surface area (Å²) in [5.74, 6) is 4.37. The lowest BCUT2D eigenvalue weighted by molar-refractivity contribution is -0.142. The van der Waals surface area contributed by atoms with Gasteiger partial charge in [0.1, 0.15) is 34.8 Å². The Kier molecular flexibility index (Phi) is 27.7. The number of nitrogens with zero attached hydrogens (tertiary/aromatic N) is 6. The van der Waals surface area contributed by atoms with Crippen LogP contribution >= 0.6 is 24.0 Å². The first-order valence-corrected chi connectivity index (χ1v) is 31.5. The number of fused-ring (bicyclic) bond motifs is 2. The number of aromatic nitrogens is 2. The summed E-state index contributed by atoms with van der Waals surface area (Å²) in [7, 11) is 6.27. The molecule has 4 aliphatic rings. The highest BCUT2D eigenvalue weighted by Gasteiger charge is 2.30. The second-order valence-corrected chi connectivity index (χ2v) is 23.7. The van der Waals surface area contributed by atoms with Gasteiger partial charge in [0.25, 0.3) is 0 Å². The van der Waals surface area contributed by atoms with Crippen molar-refractivity contribution in [2.75, 3.05) is 89.9 Å². The number of piperidine rings is 2. The molecule has 0 amide bonds. The van der Waals surface area contributed by atoms with E-state index in [-0.39, 0.29) is 48.1 Å². The monoisotopic (exact) mass is 1220 g/mol. The molecule has 0 spiro atoms. The van der Waals surface area contributed by atoms with Crippen LogP contribution in [0.5, 0.6) is 11.5 Å². The van der Waals surface area contributed by atoms with E-state index in [1.807, 2.05) is 60.9 Å². The van der Waals surface area contributed by atoms with E-state index in [2.05, 4.69) is 63.9 Å². The second-order valence-electron chi connectivity index (χ2n) is 23.3. The molecule has 4 aromatic carbocycles. The number of rotatable bonds is 22. The zero-order chi connectivity index (χ0) is 59.9. The Balaban J connectivity index is 0.000000208. The minimum atomic E-state index is -0.233. The van der Waals surface area contributed by atoms with E-state index in [1.165, 1.54) is 102 Å². The lowest BCUT2D eigenvalue weighted by Crippen LogP contribution is -2.48. The number of alkyl halides is 1. The number of esters is 2. The molecule has 6 aromatic rings. The Morgan fingerprint density at radius 2 is 1.02 bits per heavy atom. The van der Waals surface area contributed by atoms with E-state index in [9.17, 15) is 18.4 Å². The van der Waals surface area contributed by atoms with Crippen molar-refractivity contribution in [2.24, 2.45) is 17.6 Å². The van der Waals surface area contributed by atoms with Crippen LogP contribution in [-0.2, 0) is 32.2 Å². The van der Waals surface area contributed by atoms with Crippen molar-refractivity contribution in [3.63, 3.8) is 0 Å². The van der Waals surface area contributed by atoms with Crippen LogP contribution in [-0.4, -0.2) is 136 Å². The van der Waals surface area contributed by atoms with Crippen LogP contribution in [0.1, 0.15) is 114 Å². The Hall–Kier alpha value is -5.88. The zero-order valence-electron chi connectivity index (χ0n) is 51.0. The molecule has 2 saturated heterocycles. The molecule has 18 heteroatoms. The minimum Gasteiger partial charge on any atom is -0.497 e. The van der Waals surface area contributed by atoms with E-state index >= 15 is 0 Å². The number of carbonyl (C=O) groups is 2. The number of benzene rings is 4. The fraction of sp³-hybridized carbons (Fsp3) is 0.529. The van der Waals surface area contributed by atoms with Gasteiger partial charge in [0.2, 0.25) is 0 Å². The summed E-state index contributed by atoms with van der Waals surface area (Å²) in [5, 5.41) is 7.55. The number of anilines is 2. The van der Waals surface area contributed by atoms with Gasteiger partial charge in [-0.2, -0.15) is 0 Å². The van der Waals surface area contributed by atoms with Crippen LogP contribution in [0.4, 0.5) is 20.4 Å². The molecule has 468 valence electrons. The number of nitrogens with two attached hydrogens (primary N) is 1. The van der Waals surface area contributed by atoms with E-state index in [0.717, 1.165) is 129 Å². The predicted molar refractivity (Wildman–Crippen MR) is 345 cm³/mol. The first-order valence-electron chi connectivity index (χ1n) is 31.0. The van der Waals surface area contributed by atoms with Crippen molar-refractivity contribution < 1.29 is 37.3 Å². The maximum absolute atomic E-state index is 14.1. The van der Waals surface area contributed by atoms with E-state index in [4.69, 9.17) is 31.5 Å². The molecule has 4 heterocycles. The molecule has 14 nitrogen and oxygen atoms in total. The van der Waals surface area contributed by atoms with E-state index in [0.29, 0.717) is 42.6 Å². The standard InChI is InChI=1S/C34H45FN4O3.C24H27ClFN3O.C10H19NO2.ClH/c1-41-30-12-8-25(9-13-30)24-39(21-18-36-32(23-33(40)42-2)27-6-4-3-5-7-27)29-15-19-38(20-16-29)34-31-22-28(35)11-10-26(31)14-17-37-34;1-30-22-6-2-18(3-7-22)17-29(15-11-25)21-9-13-28(14-10-21)24-23-16-20(26)5-4-19(23)8-12-27-24;1-13-10(12)7-9(11)8-5-3-2-4-6-8;/h8-14,17,22,27,29,32,36H,3-7,15-16,18-21,23-24H2,1-2H3;2-8,12,16,21H,9-11,13-15,17H2,1H3;8-9H,2-7,11H2,1H3;1H. The maximum atomic E-state index is 14.1. The van der Waals surface area contributed by atoms with Gasteiger partial charge >= 0.3 is 11.9 Å². The summed E-state index contributed by atoms with van der Waals surface area (Å²) in [6, 6.07) is 31.3. The first kappa shape index (κ1) is 67.6. The largest absolute Gasteiger partial charge is 0.497 e. The second kappa shape index (κ2) is 35.2. The molecule has 2 aliphatic carbocycles. The summed E-state index contributed by atoms with van der Waals surface area (Å²) >= 11 is 6.12. The molecule has 86 heavy (non-hydrogen) atoms. The number of hydrogen-bond acceptors (Lipinski definition) is 14. The van der Waals surface area contributed by atoms with Crippen LogP contribution < -0.4 is 30.3 Å². The number of halogens is 4. The van der Waals surface area contributed by atoms with Crippen LogP contribution in [0.3, 0.4) is 0 Å². The smallest absolute Gasteiger partial charge is 0.307 e. The molecule has 10 rings (SSSR count). The van der Waals surface area contributed by atoms with Crippen molar-refractivity contribution in [1.29, 1.82) is 0 Å². The summed E-state index contributed by atoms with van der Waals surface area (Å²) in [6.45, 7) is 7.81. The lowest BCUT2D eigenvalue weighted by atomic mass is 9.82. The van der Waals surface area contributed by atoms with E-state index < -0.39 is 0 Å². The SMILES string of the molecule is COC(=O)CC(N)C1CCCCC1.COC(=O)CC(NCCN(Cc1ccc(OC)cc1)C1CCN(c2nccc3ccc(F)cc23)CC1)C1CCCCC1.COc1ccc(CN(CCCl)C2CCN(c3nccc4ccc(F)cc34)CC2)cc1.Cl. The average Bonchev–Trinajstić information content (AvgIpc) is 1.92. The predicted octanol–water partition coefficient (Wildman–Crippen LogP) is 12.9. The Bertz CT molecular complexity index is 2980. The molecule has 4 fully saturated rings. The summed E-state index contributed by atoms with van der Waals surface area (Å²) in [5.41, 5.74) is 8.44. The highest BCUT2D eigenvalue weighted by molar-refractivity contribution is 6.18. The number of hydrogen-bond donors (Lipinski definition) is 2. The summed E-state index contributed by atoms with van der Waals surface area (Å²) < 4.78 is 48.2. The van der Waals surface area contributed by atoms with Crippen LogP contribution in [0.15, 0.2) is 109 Å². The number of ether oxygens (including phenoxy) is 4. The van der Waals surface area contributed by atoms with Gasteiger partial charge in [-0.25, -0.2) is 18.7 Å². The van der Waals surface area contributed by atoms with Crippen LogP contribution in [0.2, 0.25) is 0 Å². The van der Waals surface area contributed by atoms with Gasteiger partial charge in [-0.05, 0) is 146 Å². The molecular weight excluding hydrogens is 1130 g/mol. The average molecular weight is 1230 g/mol. The van der Waals surface area contributed by atoms with Crippen molar-refractivity contribution in [2.45, 2.75) is 140 Å². The fourth-order valence-corrected chi connectivity index (χ4v) is 13.3. The van der Waals surface area contributed by atoms with Gasteiger partial charge in [0, 0.05) is 112 Å². The van der Waals surface area contributed by atoms with Gasteiger partial charge in [-0.15, -0.1) is 24.0 Å². The molecule has 2 saturated carbocycles. The highest BCUT2D eigenvalue weighted by atomic mass is 35.5. The first-order chi connectivity index (χ1) is 41.4. The molecule has 2 atom stereocenters. The number of methoxy groups -OCH3 is 4. The van der Waals surface area contributed by atoms with Crippen LogP contribution in [0.25, 0.3) is 21.5 Å². The Morgan fingerprint density at radius 3 is 1.45 bits per heavy atom. The minimum absolute atomic E-state index is 0.